The monoisotopic (exact) mass is 267 g/mol. The fraction of sp³-hybridized carbons (Fsp3) is 0.538. The number of nitrogens with zero attached hydrogens (tertiary/aromatic N) is 1. The first-order valence-electron chi connectivity index (χ1n) is 6.13. The van der Waals surface area contributed by atoms with Gasteiger partial charge in [-0.25, -0.2) is 0 Å². The molecule has 0 saturated carbocycles. The second-order valence-electron chi connectivity index (χ2n) is 4.70. The molecular formula is C13H17NOS2. The minimum atomic E-state index is -0.552. The lowest BCUT2D eigenvalue weighted by atomic mass is 10.1. The standard InChI is InChI=1S/C13H17NOS2/c15-17-7-5-14(6-8-17)10-12-9-11-3-1-2-4-13(11)16-12/h1-4,12H,5-10H2. The minimum Gasteiger partial charge on any atom is -0.300 e. The Bertz CT molecular complexity index is 400. The topological polar surface area (TPSA) is 20.3 Å². The van der Waals surface area contributed by atoms with E-state index in [0.29, 0.717) is 5.25 Å². The van der Waals surface area contributed by atoms with Crippen LogP contribution in [-0.2, 0) is 17.2 Å². The highest BCUT2D eigenvalue weighted by atomic mass is 32.2. The van der Waals surface area contributed by atoms with Gasteiger partial charge in [-0.05, 0) is 18.1 Å². The highest BCUT2D eigenvalue weighted by Gasteiger charge is 2.25. The summed E-state index contributed by atoms with van der Waals surface area (Å²) >= 11 is 2.01. The highest BCUT2D eigenvalue weighted by Crippen LogP contribution is 2.37. The Labute approximate surface area is 109 Å². The zero-order valence-electron chi connectivity index (χ0n) is 9.80. The molecule has 1 aromatic carbocycles. The zero-order chi connectivity index (χ0) is 11.7. The van der Waals surface area contributed by atoms with Crippen LogP contribution in [0.4, 0.5) is 0 Å². The number of rotatable bonds is 2. The quantitative estimate of drug-likeness (QED) is 0.814. The summed E-state index contributed by atoms with van der Waals surface area (Å²) in [7, 11) is -0.552. The van der Waals surface area contributed by atoms with Gasteiger partial charge in [-0.1, -0.05) is 18.2 Å². The van der Waals surface area contributed by atoms with Crippen molar-refractivity contribution in [2.45, 2.75) is 16.6 Å². The molecule has 0 aromatic heterocycles. The van der Waals surface area contributed by atoms with Gasteiger partial charge in [0.25, 0.3) is 0 Å². The molecular weight excluding hydrogens is 250 g/mol. The molecule has 0 N–H and O–H groups in total. The molecule has 1 unspecified atom stereocenters. The van der Waals surface area contributed by atoms with Gasteiger partial charge in [0.15, 0.2) is 0 Å². The van der Waals surface area contributed by atoms with Crippen molar-refractivity contribution in [1.29, 1.82) is 0 Å². The van der Waals surface area contributed by atoms with E-state index in [1.807, 2.05) is 11.8 Å². The van der Waals surface area contributed by atoms with Crippen molar-refractivity contribution in [3.8, 4) is 0 Å². The van der Waals surface area contributed by atoms with E-state index >= 15 is 0 Å². The van der Waals surface area contributed by atoms with Crippen molar-refractivity contribution >= 4 is 22.6 Å². The smallest absolute Gasteiger partial charge is 0.0363 e. The van der Waals surface area contributed by atoms with Crippen molar-refractivity contribution in [2.75, 3.05) is 31.1 Å². The second kappa shape index (κ2) is 5.12. The van der Waals surface area contributed by atoms with Crippen molar-refractivity contribution in [3.63, 3.8) is 0 Å². The van der Waals surface area contributed by atoms with Crippen LogP contribution in [0.5, 0.6) is 0 Å². The Morgan fingerprint density at radius 3 is 2.82 bits per heavy atom. The van der Waals surface area contributed by atoms with Gasteiger partial charge in [0.05, 0.1) is 0 Å². The third kappa shape index (κ3) is 2.75. The van der Waals surface area contributed by atoms with Crippen LogP contribution in [0.1, 0.15) is 5.56 Å². The summed E-state index contributed by atoms with van der Waals surface area (Å²) in [5, 5.41) is 0.693. The van der Waals surface area contributed by atoms with E-state index in [2.05, 4.69) is 29.2 Å². The van der Waals surface area contributed by atoms with Gasteiger partial charge in [0.1, 0.15) is 0 Å². The number of benzene rings is 1. The van der Waals surface area contributed by atoms with Gasteiger partial charge in [-0.2, -0.15) is 0 Å². The summed E-state index contributed by atoms with van der Waals surface area (Å²) in [4.78, 5) is 3.93. The minimum absolute atomic E-state index is 0.552. The average molecular weight is 267 g/mol. The highest BCUT2D eigenvalue weighted by molar-refractivity contribution is 8.00. The summed E-state index contributed by atoms with van der Waals surface area (Å²) in [5.41, 5.74) is 1.50. The van der Waals surface area contributed by atoms with Gasteiger partial charge >= 0.3 is 0 Å². The maximum Gasteiger partial charge on any atom is 0.0363 e. The summed E-state index contributed by atoms with van der Waals surface area (Å²) < 4.78 is 11.3. The number of thioether (sulfide) groups is 1. The van der Waals surface area contributed by atoms with Gasteiger partial charge < -0.3 is 4.90 Å². The van der Waals surface area contributed by atoms with Crippen LogP contribution >= 0.6 is 11.8 Å². The van der Waals surface area contributed by atoms with Crippen molar-refractivity contribution < 1.29 is 4.21 Å². The summed E-state index contributed by atoms with van der Waals surface area (Å²) in [6, 6.07) is 8.73. The maximum atomic E-state index is 11.3. The molecule has 4 heteroatoms. The van der Waals surface area contributed by atoms with Crippen LogP contribution in [0.15, 0.2) is 29.2 Å². The lowest BCUT2D eigenvalue weighted by molar-refractivity contribution is 0.300. The molecule has 3 rings (SSSR count). The first kappa shape index (κ1) is 11.8. The summed E-state index contributed by atoms with van der Waals surface area (Å²) in [6.45, 7) is 3.18. The van der Waals surface area contributed by atoms with E-state index in [4.69, 9.17) is 0 Å². The fourth-order valence-corrected chi connectivity index (χ4v) is 5.00. The molecule has 2 nitrogen and oxygen atoms in total. The van der Waals surface area contributed by atoms with Crippen LogP contribution in [-0.4, -0.2) is 45.5 Å². The zero-order valence-corrected chi connectivity index (χ0v) is 11.4. The van der Waals surface area contributed by atoms with Crippen LogP contribution in [0, 0.1) is 0 Å². The molecule has 1 fully saturated rings. The van der Waals surface area contributed by atoms with E-state index in [1.54, 1.807) is 0 Å². The van der Waals surface area contributed by atoms with Crippen LogP contribution in [0.25, 0.3) is 0 Å². The lowest BCUT2D eigenvalue weighted by Gasteiger charge is -2.28. The van der Waals surface area contributed by atoms with E-state index < -0.39 is 10.8 Å². The van der Waals surface area contributed by atoms with Gasteiger partial charge in [-0.15, -0.1) is 11.8 Å². The molecule has 0 amide bonds. The van der Waals surface area contributed by atoms with E-state index in [9.17, 15) is 4.21 Å². The molecule has 2 heterocycles. The lowest BCUT2D eigenvalue weighted by Crippen LogP contribution is -2.41. The van der Waals surface area contributed by atoms with Crippen molar-refractivity contribution in [3.05, 3.63) is 29.8 Å². The third-order valence-corrected chi connectivity index (χ3v) is 6.02. The Morgan fingerprint density at radius 2 is 2.06 bits per heavy atom. The van der Waals surface area contributed by atoms with Crippen LogP contribution < -0.4 is 0 Å². The molecule has 2 aliphatic heterocycles. The maximum absolute atomic E-state index is 11.3. The Balaban J connectivity index is 1.57. The molecule has 1 saturated heterocycles. The first-order chi connectivity index (χ1) is 8.31. The summed E-state index contributed by atoms with van der Waals surface area (Å²) in [5.74, 6) is 1.73. The van der Waals surface area contributed by atoms with Crippen LogP contribution in [0.3, 0.4) is 0 Å². The van der Waals surface area contributed by atoms with Gasteiger partial charge in [0.2, 0.25) is 0 Å². The van der Waals surface area contributed by atoms with Crippen molar-refractivity contribution in [2.24, 2.45) is 0 Å². The molecule has 2 aliphatic rings. The van der Waals surface area contributed by atoms with Gasteiger partial charge in [0, 0.05) is 52.1 Å². The first-order valence-corrected chi connectivity index (χ1v) is 8.50. The number of hydrogen-bond acceptors (Lipinski definition) is 3. The SMILES string of the molecule is O=S1CCN(CC2Cc3ccccc3S2)CC1. The fourth-order valence-electron chi connectivity index (χ4n) is 2.50. The Kier molecular flexibility index (Phi) is 3.54. The van der Waals surface area contributed by atoms with E-state index in [0.717, 1.165) is 31.1 Å². The van der Waals surface area contributed by atoms with E-state index in [1.165, 1.54) is 16.9 Å². The molecule has 92 valence electrons. The average Bonchev–Trinajstić information content (AvgIpc) is 2.74. The van der Waals surface area contributed by atoms with Crippen molar-refractivity contribution in [1.82, 2.24) is 4.90 Å². The number of fused-ring (bicyclic) bond motifs is 1. The third-order valence-electron chi connectivity index (χ3n) is 3.45. The molecule has 0 spiro atoms. The normalized spacial score (nSPS) is 26.0. The Morgan fingerprint density at radius 1 is 1.29 bits per heavy atom. The number of hydrogen-bond donors (Lipinski definition) is 0. The molecule has 0 radical (unpaired) electrons. The van der Waals surface area contributed by atoms with Crippen LogP contribution in [0.2, 0.25) is 0 Å². The van der Waals surface area contributed by atoms with E-state index in [-0.39, 0.29) is 0 Å². The second-order valence-corrected chi connectivity index (χ2v) is 7.74. The Hall–Kier alpha value is -0.320. The molecule has 1 atom stereocenters. The molecule has 0 bridgehead atoms. The largest absolute Gasteiger partial charge is 0.300 e. The van der Waals surface area contributed by atoms with Gasteiger partial charge in [-0.3, -0.25) is 4.21 Å². The summed E-state index contributed by atoms with van der Waals surface area (Å²) in [6.07, 6.45) is 1.19. The molecule has 17 heavy (non-hydrogen) atoms. The molecule has 1 aromatic rings. The molecule has 0 aliphatic carbocycles. The predicted molar refractivity (Wildman–Crippen MR) is 74.1 cm³/mol. The predicted octanol–water partition coefficient (Wildman–Crippen LogP) is 1.77.